The summed E-state index contributed by atoms with van der Waals surface area (Å²) in [4.78, 5) is 23.2. The zero-order chi connectivity index (χ0) is 14.7. The lowest BCUT2D eigenvalue weighted by molar-refractivity contribution is -0.114. The van der Waals surface area contributed by atoms with Crippen LogP contribution in [0.4, 0.5) is 5.69 Å². The normalized spacial score (nSPS) is 10.2. The van der Waals surface area contributed by atoms with Gasteiger partial charge in [-0.25, -0.2) is 0 Å². The first kappa shape index (κ1) is 14.6. The van der Waals surface area contributed by atoms with Gasteiger partial charge in [0.05, 0.1) is 5.02 Å². The summed E-state index contributed by atoms with van der Waals surface area (Å²) in [5.41, 5.74) is 1.52. The van der Waals surface area contributed by atoms with Gasteiger partial charge in [0, 0.05) is 28.8 Å². The molecule has 0 unspecified atom stereocenters. The van der Waals surface area contributed by atoms with Crippen LogP contribution < -0.4 is 5.32 Å². The second-order valence-electron chi connectivity index (χ2n) is 4.21. The predicted molar refractivity (Wildman–Crippen MR) is 80.6 cm³/mol. The molecule has 0 heterocycles. The minimum atomic E-state index is -0.193. The monoisotopic (exact) mass is 307 g/mol. The first-order valence-corrected chi connectivity index (χ1v) is 6.60. The number of amides is 1. The van der Waals surface area contributed by atoms with Crippen LogP contribution in [-0.2, 0) is 4.79 Å². The van der Waals surface area contributed by atoms with Gasteiger partial charge in [-0.3, -0.25) is 9.59 Å². The molecule has 2 rings (SSSR count). The molecular weight excluding hydrogens is 297 g/mol. The number of carbonyl (C=O) groups is 2. The van der Waals surface area contributed by atoms with Gasteiger partial charge in [0.2, 0.25) is 5.91 Å². The predicted octanol–water partition coefficient (Wildman–Crippen LogP) is 4.18. The maximum Gasteiger partial charge on any atom is 0.221 e. The Bertz CT molecular complexity index is 666. The van der Waals surface area contributed by atoms with E-state index in [4.69, 9.17) is 23.2 Å². The lowest BCUT2D eigenvalue weighted by atomic mass is 10.0. The summed E-state index contributed by atoms with van der Waals surface area (Å²) in [6.07, 6.45) is 0. The van der Waals surface area contributed by atoms with E-state index in [1.165, 1.54) is 13.0 Å². The van der Waals surface area contributed by atoms with Crippen LogP contribution in [0.15, 0.2) is 42.5 Å². The van der Waals surface area contributed by atoms with Crippen molar-refractivity contribution in [3.05, 3.63) is 63.6 Å². The molecule has 0 aromatic heterocycles. The molecule has 3 nitrogen and oxygen atoms in total. The molecule has 0 aliphatic heterocycles. The van der Waals surface area contributed by atoms with E-state index < -0.39 is 0 Å². The highest BCUT2D eigenvalue weighted by atomic mass is 35.5. The zero-order valence-corrected chi connectivity index (χ0v) is 12.1. The van der Waals surface area contributed by atoms with Crippen molar-refractivity contribution in [3.63, 3.8) is 0 Å². The van der Waals surface area contributed by atoms with Crippen molar-refractivity contribution >= 4 is 40.6 Å². The van der Waals surface area contributed by atoms with Crippen molar-refractivity contribution in [2.24, 2.45) is 0 Å². The van der Waals surface area contributed by atoms with E-state index in [0.29, 0.717) is 26.9 Å². The van der Waals surface area contributed by atoms with E-state index in [1.807, 2.05) is 0 Å². The van der Waals surface area contributed by atoms with Crippen molar-refractivity contribution in [1.82, 2.24) is 0 Å². The van der Waals surface area contributed by atoms with Crippen LogP contribution in [-0.4, -0.2) is 11.7 Å². The minimum absolute atomic E-state index is 0.162. The number of hydrogen-bond donors (Lipinski definition) is 1. The maximum atomic E-state index is 12.3. The van der Waals surface area contributed by atoms with Crippen LogP contribution in [0.1, 0.15) is 22.8 Å². The van der Waals surface area contributed by atoms with E-state index in [0.717, 1.165) is 0 Å². The summed E-state index contributed by atoms with van der Waals surface area (Å²) in [5.74, 6) is -0.356. The molecule has 5 heteroatoms. The molecule has 0 atom stereocenters. The average Bonchev–Trinajstić information content (AvgIpc) is 2.38. The van der Waals surface area contributed by atoms with E-state index >= 15 is 0 Å². The van der Waals surface area contributed by atoms with Crippen LogP contribution in [0.5, 0.6) is 0 Å². The highest BCUT2D eigenvalue weighted by Gasteiger charge is 2.13. The van der Waals surface area contributed by atoms with Crippen molar-refractivity contribution in [1.29, 1.82) is 0 Å². The number of ketones is 1. The molecule has 0 radical (unpaired) electrons. The third-order valence-electron chi connectivity index (χ3n) is 2.64. The lowest BCUT2D eigenvalue weighted by Crippen LogP contribution is -2.06. The van der Waals surface area contributed by atoms with Gasteiger partial charge in [0.15, 0.2) is 5.78 Å². The SMILES string of the molecule is CC(=O)Nc1ccc(C(=O)c2ccc(Cl)cc2Cl)cc1. The van der Waals surface area contributed by atoms with Gasteiger partial charge in [-0.15, -0.1) is 0 Å². The Hall–Kier alpha value is -1.84. The molecule has 102 valence electrons. The van der Waals surface area contributed by atoms with E-state index in [-0.39, 0.29) is 11.7 Å². The Morgan fingerprint density at radius 1 is 1.00 bits per heavy atom. The Labute approximate surface area is 126 Å². The number of hydrogen-bond acceptors (Lipinski definition) is 2. The molecule has 1 amide bonds. The van der Waals surface area contributed by atoms with Gasteiger partial charge in [-0.05, 0) is 42.5 Å². The topological polar surface area (TPSA) is 46.2 Å². The molecule has 1 N–H and O–H groups in total. The number of halogens is 2. The third-order valence-corrected chi connectivity index (χ3v) is 3.19. The van der Waals surface area contributed by atoms with Gasteiger partial charge >= 0.3 is 0 Å². The van der Waals surface area contributed by atoms with Gasteiger partial charge in [-0.1, -0.05) is 23.2 Å². The third kappa shape index (κ3) is 3.38. The van der Waals surface area contributed by atoms with E-state index in [9.17, 15) is 9.59 Å². The fourth-order valence-corrected chi connectivity index (χ4v) is 2.23. The van der Waals surface area contributed by atoms with E-state index in [1.54, 1.807) is 36.4 Å². The molecule has 0 fully saturated rings. The first-order valence-electron chi connectivity index (χ1n) is 5.85. The second-order valence-corrected chi connectivity index (χ2v) is 5.06. The molecule has 0 spiro atoms. The summed E-state index contributed by atoms with van der Waals surface area (Å²) < 4.78 is 0. The van der Waals surface area contributed by atoms with Crippen LogP contribution in [0.3, 0.4) is 0 Å². The number of benzene rings is 2. The summed E-state index contributed by atoms with van der Waals surface area (Å²) >= 11 is 11.8. The van der Waals surface area contributed by atoms with Crippen LogP contribution >= 0.6 is 23.2 Å². The maximum absolute atomic E-state index is 12.3. The molecule has 0 aliphatic carbocycles. The quantitative estimate of drug-likeness (QED) is 0.865. The first-order chi connectivity index (χ1) is 9.47. The van der Waals surface area contributed by atoms with Crippen molar-refractivity contribution in [2.75, 3.05) is 5.32 Å². The van der Waals surface area contributed by atoms with Crippen LogP contribution in [0.25, 0.3) is 0 Å². The highest BCUT2D eigenvalue weighted by molar-refractivity contribution is 6.37. The summed E-state index contributed by atoms with van der Waals surface area (Å²) in [5, 5.41) is 3.43. The molecule has 2 aromatic carbocycles. The number of carbonyl (C=O) groups excluding carboxylic acids is 2. The fraction of sp³-hybridized carbons (Fsp3) is 0.0667. The van der Waals surface area contributed by atoms with Crippen LogP contribution in [0.2, 0.25) is 10.0 Å². The summed E-state index contributed by atoms with van der Waals surface area (Å²) in [6, 6.07) is 11.3. The van der Waals surface area contributed by atoms with Gasteiger partial charge in [0.1, 0.15) is 0 Å². The largest absolute Gasteiger partial charge is 0.326 e. The van der Waals surface area contributed by atoms with Crippen LogP contribution in [0, 0.1) is 0 Å². The summed E-state index contributed by atoms with van der Waals surface area (Å²) in [7, 11) is 0. The fourth-order valence-electron chi connectivity index (χ4n) is 1.74. The molecule has 0 saturated heterocycles. The Morgan fingerprint density at radius 2 is 1.65 bits per heavy atom. The standard InChI is InChI=1S/C15H11Cl2NO2/c1-9(19)18-12-5-2-10(3-6-12)15(20)13-7-4-11(16)8-14(13)17/h2-8H,1H3,(H,18,19). The van der Waals surface area contributed by atoms with E-state index in [2.05, 4.69) is 5.32 Å². The zero-order valence-electron chi connectivity index (χ0n) is 10.6. The molecular formula is C15H11Cl2NO2. The molecule has 0 aliphatic rings. The van der Waals surface area contributed by atoms with Gasteiger partial charge in [0.25, 0.3) is 0 Å². The van der Waals surface area contributed by atoms with Gasteiger partial charge in [-0.2, -0.15) is 0 Å². The second kappa shape index (κ2) is 6.07. The smallest absolute Gasteiger partial charge is 0.221 e. The number of nitrogens with one attached hydrogen (secondary N) is 1. The Kier molecular flexibility index (Phi) is 4.42. The lowest BCUT2D eigenvalue weighted by Gasteiger charge is -2.06. The van der Waals surface area contributed by atoms with Crippen molar-refractivity contribution in [2.45, 2.75) is 6.92 Å². The van der Waals surface area contributed by atoms with Crippen molar-refractivity contribution in [3.8, 4) is 0 Å². The Balaban J connectivity index is 2.27. The number of rotatable bonds is 3. The molecule has 20 heavy (non-hydrogen) atoms. The molecule has 0 bridgehead atoms. The summed E-state index contributed by atoms with van der Waals surface area (Å²) in [6.45, 7) is 1.42. The number of anilines is 1. The van der Waals surface area contributed by atoms with Gasteiger partial charge < -0.3 is 5.32 Å². The highest BCUT2D eigenvalue weighted by Crippen LogP contribution is 2.24. The average molecular weight is 308 g/mol. The molecule has 2 aromatic rings. The molecule has 0 saturated carbocycles. The minimum Gasteiger partial charge on any atom is -0.326 e. The Morgan fingerprint density at radius 3 is 2.20 bits per heavy atom. The van der Waals surface area contributed by atoms with Crippen molar-refractivity contribution < 1.29 is 9.59 Å².